The summed E-state index contributed by atoms with van der Waals surface area (Å²) in [5.74, 6) is 1.50. The molecule has 4 aliphatic rings. The van der Waals surface area contributed by atoms with Gasteiger partial charge >= 0.3 is 0 Å². The van der Waals surface area contributed by atoms with Crippen molar-refractivity contribution in [2.75, 3.05) is 18.0 Å². The third kappa shape index (κ3) is 2.97. The summed E-state index contributed by atoms with van der Waals surface area (Å²) in [6, 6.07) is 2.18. The van der Waals surface area contributed by atoms with E-state index in [1.54, 1.807) is 17.6 Å². The van der Waals surface area contributed by atoms with Gasteiger partial charge in [-0.3, -0.25) is 4.68 Å². The van der Waals surface area contributed by atoms with E-state index in [2.05, 4.69) is 26.0 Å². The number of aryl methyl sites for hydroxylation is 1. The molecule has 2 unspecified atom stereocenters. The number of aromatic nitrogens is 4. The van der Waals surface area contributed by atoms with Gasteiger partial charge in [0.05, 0.1) is 11.4 Å². The maximum Gasteiger partial charge on any atom is 0.247 e. The van der Waals surface area contributed by atoms with Crippen molar-refractivity contribution in [3.63, 3.8) is 0 Å². The lowest BCUT2D eigenvalue weighted by atomic mass is 9.91. The zero-order valence-corrected chi connectivity index (χ0v) is 18.2. The zero-order valence-electron chi connectivity index (χ0n) is 17.4. The Bertz CT molecular complexity index is 1050. The Hall–Kier alpha value is -2.00. The van der Waals surface area contributed by atoms with Gasteiger partial charge in [0.1, 0.15) is 17.0 Å². The topological polar surface area (TPSA) is 84.2 Å². The fourth-order valence-electron chi connectivity index (χ4n) is 4.92. The predicted molar refractivity (Wildman–Crippen MR) is 110 cm³/mol. The van der Waals surface area contributed by atoms with Gasteiger partial charge in [-0.1, -0.05) is 0 Å². The Morgan fingerprint density at radius 2 is 1.79 bits per heavy atom. The van der Waals surface area contributed by atoms with Crippen LogP contribution in [0.1, 0.15) is 62.2 Å². The summed E-state index contributed by atoms with van der Waals surface area (Å²) < 4.78 is 30.6. The Kier molecular flexibility index (Phi) is 4.26. The van der Waals surface area contributed by atoms with Crippen LogP contribution in [-0.2, 0) is 10.0 Å². The first kappa shape index (κ1) is 19.0. The van der Waals surface area contributed by atoms with Gasteiger partial charge in [0.25, 0.3) is 0 Å². The fourth-order valence-corrected chi connectivity index (χ4v) is 7.10. The van der Waals surface area contributed by atoms with Crippen LogP contribution in [0, 0.1) is 13.8 Å². The van der Waals surface area contributed by atoms with Crippen molar-refractivity contribution >= 4 is 15.8 Å². The van der Waals surface area contributed by atoms with Crippen LogP contribution in [0.2, 0.25) is 0 Å². The maximum absolute atomic E-state index is 13.5. The molecule has 4 fully saturated rings. The number of sulfonamides is 1. The second-order valence-corrected chi connectivity index (χ2v) is 10.7. The quantitative estimate of drug-likeness (QED) is 0.744. The van der Waals surface area contributed by atoms with Crippen LogP contribution < -0.4 is 4.90 Å². The Morgan fingerprint density at radius 3 is 2.38 bits per heavy atom. The molecule has 1 saturated carbocycles. The molecule has 2 aromatic rings. The van der Waals surface area contributed by atoms with E-state index in [1.807, 2.05) is 25.5 Å². The van der Waals surface area contributed by atoms with Crippen molar-refractivity contribution < 1.29 is 8.42 Å². The summed E-state index contributed by atoms with van der Waals surface area (Å²) in [7, 11) is -3.56. The van der Waals surface area contributed by atoms with Crippen LogP contribution in [0.3, 0.4) is 0 Å². The summed E-state index contributed by atoms with van der Waals surface area (Å²) in [5.41, 5.74) is 2.43. The van der Waals surface area contributed by atoms with Crippen LogP contribution >= 0.6 is 0 Å². The van der Waals surface area contributed by atoms with Crippen molar-refractivity contribution in [1.29, 1.82) is 0 Å². The van der Waals surface area contributed by atoms with Gasteiger partial charge in [-0.2, -0.15) is 9.40 Å². The average molecular weight is 417 g/mol. The Balaban J connectivity index is 1.39. The summed E-state index contributed by atoms with van der Waals surface area (Å²) >= 11 is 0. The van der Waals surface area contributed by atoms with Crippen LogP contribution in [0.15, 0.2) is 17.3 Å². The minimum Gasteiger partial charge on any atom is -0.353 e. The third-order valence-electron chi connectivity index (χ3n) is 6.40. The lowest BCUT2D eigenvalue weighted by molar-refractivity contribution is 0.0873. The standard InChI is InChI=1S/C20H28N6O2S/c1-12(2)25-14(4)20(13(3)23-25)29(27,28)26-16-7-17(26)10-24(9-16)19-8-18(15-5-6-15)21-11-22-19/h8,11-12,15-17H,5-7,9-10H2,1-4H3. The number of hydrogen-bond acceptors (Lipinski definition) is 6. The molecule has 2 bridgehead atoms. The van der Waals surface area contributed by atoms with Crippen LogP contribution in [0.4, 0.5) is 5.82 Å². The lowest BCUT2D eigenvalue weighted by Crippen LogP contribution is -2.70. The van der Waals surface area contributed by atoms with E-state index in [0.717, 1.165) is 23.6 Å². The minimum atomic E-state index is -3.56. The van der Waals surface area contributed by atoms with E-state index in [0.29, 0.717) is 29.6 Å². The molecule has 9 heteroatoms. The van der Waals surface area contributed by atoms with Gasteiger partial charge in [0.2, 0.25) is 10.0 Å². The molecule has 29 heavy (non-hydrogen) atoms. The monoisotopic (exact) mass is 416 g/mol. The maximum atomic E-state index is 13.5. The first-order valence-corrected chi connectivity index (χ1v) is 11.9. The second kappa shape index (κ2) is 6.50. The van der Waals surface area contributed by atoms with Crippen molar-refractivity contribution in [3.8, 4) is 0 Å². The summed E-state index contributed by atoms with van der Waals surface area (Å²) in [6.45, 7) is 9.03. The number of nitrogens with zero attached hydrogens (tertiary/aromatic N) is 6. The number of anilines is 1. The fraction of sp³-hybridized carbons (Fsp3) is 0.650. The summed E-state index contributed by atoms with van der Waals surface area (Å²) in [6.07, 6.45) is 4.96. The molecule has 5 heterocycles. The SMILES string of the molecule is Cc1nn(C(C)C)c(C)c1S(=O)(=O)N1C2CC1CN(c1cc(C3CC3)ncn1)C2. The van der Waals surface area contributed by atoms with Gasteiger partial charge in [-0.05, 0) is 47.0 Å². The molecular formula is C20H28N6O2S. The van der Waals surface area contributed by atoms with Gasteiger partial charge in [-0.25, -0.2) is 18.4 Å². The number of hydrogen-bond donors (Lipinski definition) is 0. The van der Waals surface area contributed by atoms with Crippen LogP contribution in [0.5, 0.6) is 0 Å². The second-order valence-electron chi connectivity index (χ2n) is 8.90. The molecule has 8 nitrogen and oxygen atoms in total. The molecular weight excluding hydrogens is 388 g/mol. The minimum absolute atomic E-state index is 0.0145. The van der Waals surface area contributed by atoms with Gasteiger partial charge in [-0.15, -0.1) is 0 Å². The van der Waals surface area contributed by atoms with Crippen molar-refractivity contribution in [2.45, 2.75) is 75.9 Å². The summed E-state index contributed by atoms with van der Waals surface area (Å²) in [4.78, 5) is 11.5. The number of piperidine rings is 1. The van der Waals surface area contributed by atoms with Crippen molar-refractivity contribution in [1.82, 2.24) is 24.1 Å². The summed E-state index contributed by atoms with van der Waals surface area (Å²) in [5, 5.41) is 4.49. The molecule has 2 atom stereocenters. The molecule has 0 aromatic carbocycles. The predicted octanol–water partition coefficient (Wildman–Crippen LogP) is 2.40. The molecule has 0 N–H and O–H groups in total. The van der Waals surface area contributed by atoms with E-state index in [4.69, 9.17) is 0 Å². The number of fused-ring (bicyclic) bond motifs is 2. The largest absolute Gasteiger partial charge is 0.353 e. The van der Waals surface area contributed by atoms with Gasteiger partial charge in [0.15, 0.2) is 0 Å². The highest BCUT2D eigenvalue weighted by Crippen LogP contribution is 2.42. The lowest BCUT2D eigenvalue weighted by Gasteiger charge is -2.55. The average Bonchev–Trinajstić information content (AvgIpc) is 3.46. The molecule has 0 radical (unpaired) electrons. The van der Waals surface area contributed by atoms with E-state index in [1.165, 1.54) is 12.8 Å². The zero-order chi connectivity index (χ0) is 20.5. The van der Waals surface area contributed by atoms with E-state index in [-0.39, 0.29) is 18.1 Å². The Labute approximate surface area is 172 Å². The molecule has 0 spiro atoms. The normalized spacial score (nSPS) is 24.8. The first-order chi connectivity index (χ1) is 13.8. The highest BCUT2D eigenvalue weighted by Gasteiger charge is 2.52. The molecule has 0 amide bonds. The first-order valence-electron chi connectivity index (χ1n) is 10.4. The highest BCUT2D eigenvalue weighted by molar-refractivity contribution is 7.89. The Morgan fingerprint density at radius 1 is 1.10 bits per heavy atom. The number of rotatable bonds is 5. The van der Waals surface area contributed by atoms with Crippen molar-refractivity contribution in [2.24, 2.45) is 0 Å². The number of piperazine rings is 1. The molecule has 3 saturated heterocycles. The van der Waals surface area contributed by atoms with Gasteiger partial charge in [0, 0.05) is 48.9 Å². The van der Waals surface area contributed by atoms with E-state index >= 15 is 0 Å². The van der Waals surface area contributed by atoms with E-state index < -0.39 is 10.0 Å². The van der Waals surface area contributed by atoms with Crippen molar-refractivity contribution in [3.05, 3.63) is 29.5 Å². The highest BCUT2D eigenvalue weighted by atomic mass is 32.2. The molecule has 156 valence electrons. The van der Waals surface area contributed by atoms with Gasteiger partial charge < -0.3 is 4.90 Å². The van der Waals surface area contributed by atoms with Crippen LogP contribution in [-0.4, -0.2) is 57.6 Å². The van der Waals surface area contributed by atoms with Crippen LogP contribution in [0.25, 0.3) is 0 Å². The van der Waals surface area contributed by atoms with E-state index in [9.17, 15) is 8.42 Å². The third-order valence-corrected chi connectivity index (χ3v) is 8.66. The molecule has 6 rings (SSSR count). The molecule has 1 aliphatic carbocycles. The molecule has 2 aromatic heterocycles. The smallest absolute Gasteiger partial charge is 0.247 e. The molecule has 3 aliphatic heterocycles.